The molecule has 2 aromatic carbocycles. The summed E-state index contributed by atoms with van der Waals surface area (Å²) < 4.78 is 22.8. The third-order valence-electron chi connectivity index (χ3n) is 4.77. The van der Waals surface area contributed by atoms with Gasteiger partial charge in [0.2, 0.25) is 11.6 Å². The number of nitrogens with one attached hydrogen (secondary N) is 1. The largest absolute Gasteiger partial charge is 0.493 e. The lowest BCUT2D eigenvalue weighted by atomic mass is 10.2. The van der Waals surface area contributed by atoms with Crippen LogP contribution in [0.5, 0.6) is 23.1 Å². The molecule has 33 heavy (non-hydrogen) atoms. The summed E-state index contributed by atoms with van der Waals surface area (Å²) in [6.45, 7) is 3.40. The molecular weight excluding hydrogens is 450 g/mol. The van der Waals surface area contributed by atoms with Crippen LogP contribution in [0.4, 0.5) is 5.69 Å². The van der Waals surface area contributed by atoms with Crippen LogP contribution in [-0.2, 0) is 4.79 Å². The normalized spacial score (nSPS) is 11.5. The van der Waals surface area contributed by atoms with Gasteiger partial charge in [0.15, 0.2) is 17.6 Å². The van der Waals surface area contributed by atoms with Crippen molar-refractivity contribution >= 4 is 23.2 Å². The third kappa shape index (κ3) is 5.38. The van der Waals surface area contributed by atoms with Gasteiger partial charge >= 0.3 is 0 Å². The highest BCUT2D eigenvalue weighted by Gasteiger charge is 2.19. The van der Waals surface area contributed by atoms with Crippen LogP contribution in [-0.4, -0.2) is 43.1 Å². The smallest absolute Gasteiger partial charge is 0.271 e. The molecule has 1 N–H and O–H groups in total. The molecule has 1 atom stereocenters. The third-order valence-corrected chi connectivity index (χ3v) is 5.01. The molecule has 0 saturated carbocycles. The van der Waals surface area contributed by atoms with E-state index in [-0.39, 0.29) is 11.4 Å². The first kappa shape index (κ1) is 23.9. The van der Waals surface area contributed by atoms with Crippen LogP contribution < -0.4 is 29.8 Å². The summed E-state index contributed by atoms with van der Waals surface area (Å²) in [5.41, 5.74) is 1.39. The molecule has 0 aliphatic rings. The van der Waals surface area contributed by atoms with E-state index in [9.17, 15) is 9.59 Å². The number of nitrogens with zero attached hydrogens (tertiary/aromatic N) is 2. The molecule has 10 heteroatoms. The Labute approximate surface area is 195 Å². The fraction of sp³-hybridized carbons (Fsp3) is 0.261. The second-order valence-corrected chi connectivity index (χ2v) is 7.45. The highest BCUT2D eigenvalue weighted by Crippen LogP contribution is 2.40. The number of aromatic nitrogens is 2. The zero-order valence-electron chi connectivity index (χ0n) is 18.8. The van der Waals surface area contributed by atoms with Crippen molar-refractivity contribution < 1.29 is 23.7 Å². The molecule has 1 aromatic heterocycles. The Morgan fingerprint density at radius 3 is 2.30 bits per heavy atom. The van der Waals surface area contributed by atoms with Gasteiger partial charge in [0.1, 0.15) is 0 Å². The van der Waals surface area contributed by atoms with E-state index in [1.807, 2.05) is 6.92 Å². The van der Waals surface area contributed by atoms with E-state index in [4.69, 9.17) is 30.5 Å². The summed E-state index contributed by atoms with van der Waals surface area (Å²) in [7, 11) is 4.46. The van der Waals surface area contributed by atoms with E-state index >= 15 is 0 Å². The second-order valence-electron chi connectivity index (χ2n) is 7.02. The SMILES string of the molecule is COc1cc(NC(=O)[C@@H](C)Oc2ccc(=O)n(-c3cc(Cl)ccc3C)n2)cc(OC)c1OC. The summed E-state index contributed by atoms with van der Waals surface area (Å²) in [5.74, 6) is 0.854. The number of amides is 1. The minimum Gasteiger partial charge on any atom is -0.493 e. The molecule has 0 unspecified atom stereocenters. The number of rotatable bonds is 8. The number of halogens is 1. The molecule has 174 valence electrons. The fourth-order valence-corrected chi connectivity index (χ4v) is 3.24. The summed E-state index contributed by atoms with van der Waals surface area (Å²) in [6, 6.07) is 11.1. The Balaban J connectivity index is 1.81. The molecule has 1 heterocycles. The second kappa shape index (κ2) is 10.3. The van der Waals surface area contributed by atoms with Crippen LogP contribution in [0.3, 0.4) is 0 Å². The molecule has 0 aliphatic carbocycles. The highest BCUT2D eigenvalue weighted by atomic mass is 35.5. The van der Waals surface area contributed by atoms with E-state index in [1.54, 1.807) is 37.3 Å². The van der Waals surface area contributed by atoms with Crippen LogP contribution in [0.15, 0.2) is 47.3 Å². The van der Waals surface area contributed by atoms with E-state index in [2.05, 4.69) is 10.4 Å². The van der Waals surface area contributed by atoms with Gasteiger partial charge < -0.3 is 24.3 Å². The Kier molecular flexibility index (Phi) is 7.44. The molecule has 3 aromatic rings. The predicted octanol–water partition coefficient (Wildman–Crippen LogP) is 3.63. The van der Waals surface area contributed by atoms with Crippen molar-refractivity contribution in [3.05, 3.63) is 63.4 Å². The van der Waals surface area contributed by atoms with E-state index in [0.717, 1.165) is 5.56 Å². The Hall–Kier alpha value is -3.72. The van der Waals surface area contributed by atoms with Crippen LogP contribution in [0.2, 0.25) is 5.02 Å². The van der Waals surface area contributed by atoms with Gasteiger partial charge in [0.05, 0.1) is 27.0 Å². The average molecular weight is 474 g/mol. The van der Waals surface area contributed by atoms with Crippen molar-refractivity contribution in [2.75, 3.05) is 26.6 Å². The van der Waals surface area contributed by atoms with E-state index in [0.29, 0.717) is 33.6 Å². The average Bonchev–Trinajstić information content (AvgIpc) is 2.81. The maximum Gasteiger partial charge on any atom is 0.271 e. The lowest BCUT2D eigenvalue weighted by Gasteiger charge is -2.17. The summed E-state index contributed by atoms with van der Waals surface area (Å²) >= 11 is 6.07. The van der Waals surface area contributed by atoms with Crippen LogP contribution in [0.25, 0.3) is 5.69 Å². The van der Waals surface area contributed by atoms with Crippen molar-refractivity contribution in [3.63, 3.8) is 0 Å². The molecule has 0 bridgehead atoms. The van der Waals surface area contributed by atoms with Gasteiger partial charge in [-0.15, -0.1) is 5.10 Å². The number of benzene rings is 2. The van der Waals surface area contributed by atoms with Crippen LogP contribution >= 0.6 is 11.6 Å². The number of carbonyl (C=O) groups is 1. The number of carbonyl (C=O) groups excluding carboxylic acids is 1. The summed E-state index contributed by atoms with van der Waals surface area (Å²) in [6.07, 6.45) is -0.928. The van der Waals surface area contributed by atoms with Gasteiger partial charge in [0.25, 0.3) is 11.5 Å². The summed E-state index contributed by atoms with van der Waals surface area (Å²) in [4.78, 5) is 25.1. The number of hydrogen-bond acceptors (Lipinski definition) is 7. The number of methoxy groups -OCH3 is 3. The minimum absolute atomic E-state index is 0.0986. The highest BCUT2D eigenvalue weighted by molar-refractivity contribution is 6.30. The first-order chi connectivity index (χ1) is 15.8. The Bertz CT molecular complexity index is 1200. The number of ether oxygens (including phenoxy) is 4. The van der Waals surface area contributed by atoms with Gasteiger partial charge in [-0.3, -0.25) is 9.59 Å². The molecule has 9 nitrogen and oxygen atoms in total. The topological polar surface area (TPSA) is 101 Å². The molecule has 0 spiro atoms. The minimum atomic E-state index is -0.928. The van der Waals surface area contributed by atoms with Crippen molar-refractivity contribution in [1.29, 1.82) is 0 Å². The number of anilines is 1. The van der Waals surface area contributed by atoms with E-state index in [1.165, 1.54) is 38.1 Å². The van der Waals surface area contributed by atoms with Crippen molar-refractivity contribution in [2.24, 2.45) is 0 Å². The fourth-order valence-electron chi connectivity index (χ4n) is 3.07. The maximum absolute atomic E-state index is 12.7. The molecular formula is C23H24ClN3O6. The van der Waals surface area contributed by atoms with Crippen LogP contribution in [0, 0.1) is 6.92 Å². The Morgan fingerprint density at radius 2 is 1.70 bits per heavy atom. The first-order valence-electron chi connectivity index (χ1n) is 9.91. The zero-order valence-corrected chi connectivity index (χ0v) is 19.6. The lowest BCUT2D eigenvalue weighted by Crippen LogP contribution is -2.31. The number of aryl methyl sites for hydroxylation is 1. The number of hydrogen-bond donors (Lipinski definition) is 1. The van der Waals surface area contributed by atoms with Crippen molar-refractivity contribution in [2.45, 2.75) is 20.0 Å². The van der Waals surface area contributed by atoms with Gasteiger partial charge in [-0.2, -0.15) is 4.68 Å². The summed E-state index contributed by atoms with van der Waals surface area (Å²) in [5, 5.41) is 7.45. The molecule has 1 amide bonds. The quantitative estimate of drug-likeness (QED) is 0.533. The first-order valence-corrected chi connectivity index (χ1v) is 10.3. The van der Waals surface area contributed by atoms with Gasteiger partial charge in [0, 0.05) is 35.0 Å². The van der Waals surface area contributed by atoms with Gasteiger partial charge in [-0.1, -0.05) is 17.7 Å². The van der Waals surface area contributed by atoms with E-state index < -0.39 is 12.0 Å². The maximum atomic E-state index is 12.7. The zero-order chi connectivity index (χ0) is 24.1. The lowest BCUT2D eigenvalue weighted by molar-refractivity contribution is -0.122. The molecule has 0 fully saturated rings. The monoisotopic (exact) mass is 473 g/mol. The van der Waals surface area contributed by atoms with Crippen molar-refractivity contribution in [1.82, 2.24) is 9.78 Å². The standard InChI is InChI=1S/C23H24ClN3O6/c1-13-6-7-15(24)10-17(13)27-21(28)9-8-20(26-27)33-14(2)23(29)25-16-11-18(30-3)22(32-5)19(12-16)31-4/h6-12,14H,1-5H3,(H,25,29)/t14-/m1/s1. The molecule has 3 rings (SSSR count). The molecule has 0 aliphatic heterocycles. The van der Waals surface area contributed by atoms with Crippen molar-refractivity contribution in [3.8, 4) is 28.8 Å². The Morgan fingerprint density at radius 1 is 1.03 bits per heavy atom. The van der Waals surface area contributed by atoms with Crippen LogP contribution in [0.1, 0.15) is 12.5 Å². The van der Waals surface area contributed by atoms with Gasteiger partial charge in [-0.25, -0.2) is 0 Å². The van der Waals surface area contributed by atoms with Gasteiger partial charge in [-0.05, 0) is 31.5 Å². The molecule has 0 radical (unpaired) electrons. The predicted molar refractivity (Wildman–Crippen MR) is 124 cm³/mol. The molecule has 0 saturated heterocycles.